The molecule has 0 radical (unpaired) electrons. The van der Waals surface area contributed by atoms with Crippen LogP contribution >= 0.6 is 0 Å². The monoisotopic (exact) mass is 200 g/mol. The Morgan fingerprint density at radius 1 is 1.43 bits per heavy atom. The molecule has 1 aliphatic rings. The maximum atomic E-state index is 10.7. The van der Waals surface area contributed by atoms with E-state index < -0.39 is 11.9 Å². The number of rotatable bonds is 2. The largest absolute Gasteiger partial charge is 0.474 e. The van der Waals surface area contributed by atoms with Crippen LogP contribution in [0.25, 0.3) is 0 Å². The van der Waals surface area contributed by atoms with Gasteiger partial charge < -0.3 is 15.3 Å². The molecule has 0 spiro atoms. The molecule has 0 aromatic heterocycles. The molecule has 0 saturated carbocycles. The summed E-state index contributed by atoms with van der Waals surface area (Å²) < 4.78 is 0. The van der Waals surface area contributed by atoms with Crippen LogP contribution in [0.4, 0.5) is 0 Å². The second-order valence-electron chi connectivity index (χ2n) is 3.76. The Bertz CT molecular complexity index is 222. The van der Waals surface area contributed by atoms with Crippen LogP contribution in [0, 0.1) is 5.92 Å². The van der Waals surface area contributed by atoms with E-state index in [1.54, 1.807) is 0 Å². The molecule has 5 heteroatoms. The molecule has 80 valence electrons. The number of carbonyl (C=O) groups is 2. The molecule has 1 heterocycles. The van der Waals surface area contributed by atoms with E-state index in [9.17, 15) is 9.59 Å². The minimum Gasteiger partial charge on any atom is -0.474 e. The Kier molecular flexibility index (Phi) is 3.88. The summed E-state index contributed by atoms with van der Waals surface area (Å²) in [5.41, 5.74) is 0. The topological polar surface area (TPSA) is 69.6 Å². The minimum atomic E-state index is -1.40. The van der Waals surface area contributed by atoms with Crippen LogP contribution in [0.1, 0.15) is 12.8 Å². The number of carbonyl (C=O) groups excluding carboxylic acids is 1. The van der Waals surface area contributed by atoms with E-state index in [1.165, 1.54) is 0 Å². The fraction of sp³-hybridized carbons (Fsp3) is 0.778. The summed E-state index contributed by atoms with van der Waals surface area (Å²) in [6.07, 6.45) is 2.05. The Morgan fingerprint density at radius 3 is 2.50 bits per heavy atom. The van der Waals surface area contributed by atoms with E-state index in [0.29, 0.717) is 12.5 Å². The van der Waals surface area contributed by atoms with Crippen molar-refractivity contribution in [3.8, 4) is 0 Å². The summed E-state index contributed by atoms with van der Waals surface area (Å²) >= 11 is 0. The Morgan fingerprint density at radius 2 is 2.00 bits per heavy atom. The molecule has 1 rings (SSSR count). The molecule has 0 bridgehead atoms. The van der Waals surface area contributed by atoms with Crippen LogP contribution in [-0.2, 0) is 9.59 Å². The number of hydrogen-bond donors (Lipinski definition) is 2. The summed E-state index contributed by atoms with van der Waals surface area (Å²) in [5, 5.41) is 10.7. The molecular formula is C9H16N2O3. The third kappa shape index (κ3) is 3.33. The van der Waals surface area contributed by atoms with Gasteiger partial charge in [0.15, 0.2) is 0 Å². The number of nitrogens with one attached hydrogen (secondary N) is 1. The summed E-state index contributed by atoms with van der Waals surface area (Å²) in [4.78, 5) is 23.2. The highest BCUT2D eigenvalue weighted by molar-refractivity contribution is 6.31. The molecule has 1 amide bonds. The first-order valence-corrected chi connectivity index (χ1v) is 4.79. The van der Waals surface area contributed by atoms with Crippen LogP contribution in [-0.4, -0.2) is 48.6 Å². The number of carboxylic acids is 1. The van der Waals surface area contributed by atoms with Gasteiger partial charge in [-0.25, -0.2) is 4.79 Å². The fourth-order valence-electron chi connectivity index (χ4n) is 1.58. The highest BCUT2D eigenvalue weighted by atomic mass is 16.4. The summed E-state index contributed by atoms with van der Waals surface area (Å²) in [7, 11) is 2.06. The van der Waals surface area contributed by atoms with Crippen molar-refractivity contribution in [1.82, 2.24) is 10.2 Å². The zero-order chi connectivity index (χ0) is 10.6. The van der Waals surface area contributed by atoms with Crippen molar-refractivity contribution in [3.63, 3.8) is 0 Å². The lowest BCUT2D eigenvalue weighted by molar-refractivity contribution is -0.150. The van der Waals surface area contributed by atoms with E-state index in [-0.39, 0.29) is 0 Å². The van der Waals surface area contributed by atoms with Crippen molar-refractivity contribution in [3.05, 3.63) is 0 Å². The number of carboxylic acid groups (broad SMARTS) is 1. The van der Waals surface area contributed by atoms with Crippen LogP contribution in [0.2, 0.25) is 0 Å². The molecule has 0 aliphatic carbocycles. The van der Waals surface area contributed by atoms with Crippen molar-refractivity contribution in [1.29, 1.82) is 0 Å². The Labute approximate surface area is 83.1 Å². The molecule has 0 atom stereocenters. The van der Waals surface area contributed by atoms with Gasteiger partial charge in [0.1, 0.15) is 0 Å². The Hall–Kier alpha value is -1.10. The first-order chi connectivity index (χ1) is 6.59. The van der Waals surface area contributed by atoms with Crippen LogP contribution in [0.15, 0.2) is 0 Å². The summed E-state index contributed by atoms with van der Waals surface area (Å²) in [6.45, 7) is 2.53. The molecule has 1 saturated heterocycles. The normalized spacial score (nSPS) is 19.2. The molecule has 0 unspecified atom stereocenters. The third-order valence-corrected chi connectivity index (χ3v) is 2.58. The fourth-order valence-corrected chi connectivity index (χ4v) is 1.58. The molecule has 5 nitrogen and oxygen atoms in total. The van der Waals surface area contributed by atoms with Gasteiger partial charge in [-0.05, 0) is 38.9 Å². The summed E-state index contributed by atoms with van der Waals surface area (Å²) in [6, 6.07) is 0. The number of amides is 1. The molecule has 2 N–H and O–H groups in total. The first kappa shape index (κ1) is 11.0. The van der Waals surface area contributed by atoms with Crippen molar-refractivity contribution >= 4 is 11.9 Å². The molecule has 0 aromatic carbocycles. The predicted molar refractivity (Wildman–Crippen MR) is 50.9 cm³/mol. The van der Waals surface area contributed by atoms with E-state index in [4.69, 9.17) is 5.11 Å². The summed E-state index contributed by atoms with van der Waals surface area (Å²) in [5.74, 6) is -1.88. The number of piperidine rings is 1. The van der Waals surface area contributed by atoms with E-state index in [0.717, 1.165) is 25.9 Å². The van der Waals surface area contributed by atoms with E-state index >= 15 is 0 Å². The smallest absolute Gasteiger partial charge is 0.394 e. The van der Waals surface area contributed by atoms with Gasteiger partial charge in [0.2, 0.25) is 0 Å². The third-order valence-electron chi connectivity index (χ3n) is 2.58. The number of hydrogen-bond acceptors (Lipinski definition) is 3. The second kappa shape index (κ2) is 4.95. The number of aliphatic carboxylic acids is 1. The SMILES string of the molecule is CN1CCC(CNC(=O)C(=O)O)CC1. The quantitative estimate of drug-likeness (QED) is 0.591. The highest BCUT2D eigenvalue weighted by Gasteiger charge is 2.18. The maximum Gasteiger partial charge on any atom is 0.394 e. The van der Waals surface area contributed by atoms with Crippen molar-refractivity contribution in [2.75, 3.05) is 26.7 Å². The lowest BCUT2D eigenvalue weighted by Crippen LogP contribution is -2.39. The van der Waals surface area contributed by atoms with Crippen LogP contribution < -0.4 is 5.32 Å². The highest BCUT2D eigenvalue weighted by Crippen LogP contribution is 2.14. The lowest BCUT2D eigenvalue weighted by Gasteiger charge is -2.28. The van der Waals surface area contributed by atoms with Gasteiger partial charge in [-0.3, -0.25) is 4.79 Å². The van der Waals surface area contributed by atoms with Gasteiger partial charge >= 0.3 is 11.9 Å². The standard InChI is InChI=1S/C9H16N2O3/c1-11-4-2-7(3-5-11)6-10-8(12)9(13)14/h7H,2-6H2,1H3,(H,10,12)(H,13,14). The molecule has 1 aliphatic heterocycles. The lowest BCUT2D eigenvalue weighted by atomic mass is 9.97. The number of nitrogens with zero attached hydrogens (tertiary/aromatic N) is 1. The molecule has 0 aromatic rings. The van der Waals surface area contributed by atoms with Crippen molar-refractivity contribution in [2.24, 2.45) is 5.92 Å². The van der Waals surface area contributed by atoms with Gasteiger partial charge in [0.05, 0.1) is 0 Å². The molecular weight excluding hydrogens is 184 g/mol. The average Bonchev–Trinajstić information content (AvgIpc) is 2.16. The van der Waals surface area contributed by atoms with Gasteiger partial charge in [-0.2, -0.15) is 0 Å². The Balaban J connectivity index is 2.19. The average molecular weight is 200 g/mol. The minimum absolute atomic E-state index is 0.425. The zero-order valence-electron chi connectivity index (χ0n) is 8.32. The molecule has 1 fully saturated rings. The second-order valence-corrected chi connectivity index (χ2v) is 3.76. The predicted octanol–water partition coefficient (Wildman–Crippen LogP) is -0.471. The van der Waals surface area contributed by atoms with Gasteiger partial charge in [0.25, 0.3) is 0 Å². The molecule has 14 heavy (non-hydrogen) atoms. The maximum absolute atomic E-state index is 10.7. The van der Waals surface area contributed by atoms with Crippen molar-refractivity contribution < 1.29 is 14.7 Å². The number of likely N-dealkylation sites (tertiary alicyclic amines) is 1. The van der Waals surface area contributed by atoms with Crippen LogP contribution in [0.3, 0.4) is 0 Å². The van der Waals surface area contributed by atoms with Gasteiger partial charge in [-0.1, -0.05) is 0 Å². The van der Waals surface area contributed by atoms with Gasteiger partial charge in [-0.15, -0.1) is 0 Å². The van der Waals surface area contributed by atoms with Crippen LogP contribution in [0.5, 0.6) is 0 Å². The van der Waals surface area contributed by atoms with E-state index in [1.807, 2.05) is 0 Å². The zero-order valence-corrected chi connectivity index (χ0v) is 8.32. The van der Waals surface area contributed by atoms with Crippen molar-refractivity contribution in [2.45, 2.75) is 12.8 Å². The van der Waals surface area contributed by atoms with E-state index in [2.05, 4.69) is 17.3 Å². The van der Waals surface area contributed by atoms with Gasteiger partial charge in [0, 0.05) is 6.54 Å². The first-order valence-electron chi connectivity index (χ1n) is 4.79.